The number of fused-ring (bicyclic) bond motifs is 1. The van der Waals surface area contributed by atoms with E-state index >= 15 is 0 Å². The molecule has 3 aromatic carbocycles. The van der Waals surface area contributed by atoms with Crippen LogP contribution in [0.25, 0.3) is 10.9 Å². The van der Waals surface area contributed by atoms with Crippen molar-refractivity contribution in [3.05, 3.63) is 107 Å². The average Bonchev–Trinajstić information content (AvgIpc) is 3.68. The number of aliphatic hydroxyl groups excluding tert-OH is 1. The second-order valence-electron chi connectivity index (χ2n) is 15.8. The molecule has 1 unspecified atom stereocenters. The van der Waals surface area contributed by atoms with Gasteiger partial charge in [-0.3, -0.25) is 38.1 Å². The lowest BCUT2D eigenvalue weighted by Crippen LogP contribution is -2.59. The van der Waals surface area contributed by atoms with E-state index in [-0.39, 0.29) is 37.7 Å². The molecule has 1 aromatic heterocycles. The number of nitrogens with one attached hydrogen (secondary N) is 6. The molecule has 0 saturated heterocycles. The van der Waals surface area contributed by atoms with E-state index in [9.17, 15) is 63.2 Å². The Labute approximate surface area is 368 Å². The van der Waals surface area contributed by atoms with Crippen LogP contribution in [0.15, 0.2) is 85.1 Å². The third-order valence-electron chi connectivity index (χ3n) is 11.3. The van der Waals surface area contributed by atoms with Gasteiger partial charge in [0.1, 0.15) is 24.2 Å². The van der Waals surface area contributed by atoms with Gasteiger partial charge in [0.25, 0.3) is 0 Å². The smallest absolute Gasteiger partial charge is 0.358 e. The standard InChI is InChI=1S/C44H53N6O13P/c1-45-39(54)36(23-28-24-46-32-14-8-7-11-29(28)32)50-40(55)33(19-20-37(51)52)47-41(56)35(21-25-9-3-2-4-10-25)49-42(57)34(48-38(53)30-12-5-6-13-31(30)43(58)59)22-26-15-17-27(18-16-26)44(60)64(61,62)63/h2-4,7-11,14-18,24,30-31,33-36,44,46,60H,5-6,12-13,19-23H2,1H3,(H,45,54)(H,47,56)(H,48,53)(H,49,57)(H,50,55)(H,51,52)(H,58,59)(H2,61,62,63)/t30-,31-,33-,34-,35-,36+,44?/m0/s1. The molecule has 7 atom stereocenters. The fourth-order valence-corrected chi connectivity index (χ4v) is 8.36. The number of aliphatic carboxylic acids is 2. The number of hydrogen-bond donors (Lipinski definition) is 11. The predicted octanol–water partition coefficient (Wildman–Crippen LogP) is 1.81. The molecular formula is C44H53N6O13P. The molecule has 1 aliphatic rings. The Morgan fingerprint density at radius 2 is 1.20 bits per heavy atom. The molecule has 0 bridgehead atoms. The molecule has 1 heterocycles. The highest BCUT2D eigenvalue weighted by Crippen LogP contribution is 2.49. The van der Waals surface area contributed by atoms with E-state index in [4.69, 9.17) is 0 Å². The maximum Gasteiger partial charge on any atom is 0.358 e. The first-order valence-corrected chi connectivity index (χ1v) is 22.4. The summed E-state index contributed by atoms with van der Waals surface area (Å²) in [4.78, 5) is 115. The molecule has 1 fully saturated rings. The Morgan fingerprint density at radius 3 is 1.80 bits per heavy atom. The van der Waals surface area contributed by atoms with E-state index in [2.05, 4.69) is 31.6 Å². The van der Waals surface area contributed by atoms with Crippen LogP contribution in [-0.2, 0) is 57.4 Å². The summed E-state index contributed by atoms with van der Waals surface area (Å²) in [5, 5.41) is 43.4. The lowest BCUT2D eigenvalue weighted by Gasteiger charge is -2.30. The number of amides is 5. The molecular weight excluding hydrogens is 851 g/mol. The van der Waals surface area contributed by atoms with Crippen LogP contribution >= 0.6 is 7.60 Å². The Kier molecular flexibility index (Phi) is 16.9. The maximum absolute atomic E-state index is 14.4. The largest absolute Gasteiger partial charge is 0.481 e. The van der Waals surface area contributed by atoms with Crippen molar-refractivity contribution in [2.24, 2.45) is 11.8 Å². The Morgan fingerprint density at radius 1 is 0.672 bits per heavy atom. The number of aromatic nitrogens is 1. The molecule has 0 radical (unpaired) electrons. The fourth-order valence-electron chi connectivity index (χ4n) is 7.80. The molecule has 4 aromatic rings. The van der Waals surface area contributed by atoms with Crippen molar-refractivity contribution in [2.45, 2.75) is 87.8 Å². The van der Waals surface area contributed by atoms with Crippen LogP contribution in [0.3, 0.4) is 0 Å². The van der Waals surface area contributed by atoms with Gasteiger partial charge in [-0.25, -0.2) is 0 Å². The molecule has 20 heteroatoms. The van der Waals surface area contributed by atoms with Crippen molar-refractivity contribution in [1.82, 2.24) is 31.6 Å². The second kappa shape index (κ2) is 22.3. The zero-order chi connectivity index (χ0) is 46.6. The summed E-state index contributed by atoms with van der Waals surface area (Å²) in [6, 6.07) is 15.5. The number of carboxylic acid groups (broad SMARTS) is 2. The first-order valence-electron chi connectivity index (χ1n) is 20.7. The van der Waals surface area contributed by atoms with Gasteiger partial charge in [0.05, 0.1) is 11.8 Å². The average molecular weight is 905 g/mol. The maximum atomic E-state index is 14.4. The summed E-state index contributed by atoms with van der Waals surface area (Å²) in [5.74, 6) is -10.5. The quantitative estimate of drug-likeness (QED) is 0.0533. The molecule has 1 aliphatic carbocycles. The molecule has 19 nitrogen and oxygen atoms in total. The lowest BCUT2D eigenvalue weighted by atomic mass is 9.78. The summed E-state index contributed by atoms with van der Waals surface area (Å²) < 4.78 is 11.7. The first kappa shape index (κ1) is 48.6. The van der Waals surface area contributed by atoms with Crippen LogP contribution in [0, 0.1) is 11.8 Å². The summed E-state index contributed by atoms with van der Waals surface area (Å²) in [6.07, 6.45) is 2.04. The topological polar surface area (TPSA) is 314 Å². The minimum Gasteiger partial charge on any atom is -0.481 e. The minimum atomic E-state index is -4.92. The number of hydrogen-bond acceptors (Lipinski definition) is 9. The number of likely N-dealkylation sites (N-methyl/N-ethyl adjacent to an activating group) is 1. The van der Waals surface area contributed by atoms with Crippen molar-refractivity contribution in [3.8, 4) is 0 Å². The monoisotopic (exact) mass is 904 g/mol. The van der Waals surface area contributed by atoms with Gasteiger partial charge in [-0.2, -0.15) is 0 Å². The zero-order valence-electron chi connectivity index (χ0n) is 34.9. The van der Waals surface area contributed by atoms with Gasteiger partial charge in [-0.1, -0.05) is 85.6 Å². The van der Waals surface area contributed by atoms with Crippen LogP contribution in [0.1, 0.15) is 66.6 Å². The molecule has 64 heavy (non-hydrogen) atoms. The SMILES string of the molecule is CNC(=O)[C@@H](Cc1c[nH]c2ccccc12)NC(=O)[C@H](CCC(=O)O)NC(=O)[C@H](Cc1ccccc1)NC(=O)[C@H](Cc1ccc(C(O)P(=O)(O)O)cc1)NC(=O)[C@H]1CCCC[C@@H]1C(=O)O. The number of aliphatic hydroxyl groups is 1. The number of H-pyrrole nitrogens is 1. The molecule has 5 rings (SSSR count). The summed E-state index contributed by atoms with van der Waals surface area (Å²) >= 11 is 0. The van der Waals surface area contributed by atoms with Crippen LogP contribution in [0.4, 0.5) is 0 Å². The van der Waals surface area contributed by atoms with Gasteiger partial charge >= 0.3 is 19.5 Å². The van der Waals surface area contributed by atoms with E-state index in [1.54, 1.807) is 36.5 Å². The number of rotatable bonds is 21. The molecule has 11 N–H and O–H groups in total. The van der Waals surface area contributed by atoms with Crippen LogP contribution in [0.5, 0.6) is 0 Å². The van der Waals surface area contributed by atoms with Crippen molar-refractivity contribution in [3.63, 3.8) is 0 Å². The fraction of sp³-hybridized carbons (Fsp3) is 0.386. The van der Waals surface area contributed by atoms with Crippen molar-refractivity contribution >= 4 is 60.0 Å². The highest BCUT2D eigenvalue weighted by molar-refractivity contribution is 7.51. The van der Waals surface area contributed by atoms with Gasteiger partial charge in [-0.15, -0.1) is 0 Å². The van der Waals surface area contributed by atoms with Crippen molar-refractivity contribution in [1.29, 1.82) is 0 Å². The van der Waals surface area contributed by atoms with Gasteiger partial charge in [0.15, 0.2) is 5.85 Å². The minimum absolute atomic E-state index is 0.0376. The molecule has 0 aliphatic heterocycles. The third-order valence-corrected chi connectivity index (χ3v) is 12.2. The predicted molar refractivity (Wildman–Crippen MR) is 231 cm³/mol. The number of benzene rings is 3. The third kappa shape index (κ3) is 13.3. The number of aromatic amines is 1. The summed E-state index contributed by atoms with van der Waals surface area (Å²) in [7, 11) is -3.54. The molecule has 5 amide bonds. The van der Waals surface area contributed by atoms with Gasteiger partial charge in [0.2, 0.25) is 29.5 Å². The highest BCUT2D eigenvalue weighted by atomic mass is 31.2. The number of para-hydroxylation sites is 1. The van der Waals surface area contributed by atoms with Crippen LogP contribution in [0.2, 0.25) is 0 Å². The van der Waals surface area contributed by atoms with E-state index < -0.39 is 104 Å². The number of carbonyl (C=O) groups is 7. The normalized spacial score (nSPS) is 17.4. The van der Waals surface area contributed by atoms with Crippen molar-refractivity contribution in [2.75, 3.05) is 7.05 Å². The summed E-state index contributed by atoms with van der Waals surface area (Å²) in [5.41, 5.74) is 2.31. The van der Waals surface area contributed by atoms with Gasteiger partial charge in [0, 0.05) is 49.8 Å². The van der Waals surface area contributed by atoms with Crippen LogP contribution in [-0.4, -0.2) is 103 Å². The number of carboxylic acids is 2. The van der Waals surface area contributed by atoms with Crippen LogP contribution < -0.4 is 26.6 Å². The Bertz CT molecular complexity index is 2350. The van der Waals surface area contributed by atoms with E-state index in [0.29, 0.717) is 29.5 Å². The Hall–Kier alpha value is -6.40. The Balaban J connectivity index is 1.42. The highest BCUT2D eigenvalue weighted by Gasteiger charge is 2.38. The first-order chi connectivity index (χ1) is 30.4. The van der Waals surface area contributed by atoms with Gasteiger partial charge in [-0.05, 0) is 47.6 Å². The van der Waals surface area contributed by atoms with E-state index in [0.717, 1.165) is 10.9 Å². The molecule has 0 spiro atoms. The summed E-state index contributed by atoms with van der Waals surface area (Å²) in [6.45, 7) is 0. The van der Waals surface area contributed by atoms with Crippen molar-refractivity contribution < 1.29 is 63.2 Å². The van der Waals surface area contributed by atoms with E-state index in [1.807, 2.05) is 24.3 Å². The zero-order valence-corrected chi connectivity index (χ0v) is 35.8. The number of carbonyl (C=O) groups excluding carboxylic acids is 5. The second-order valence-corrected chi connectivity index (χ2v) is 17.5. The van der Waals surface area contributed by atoms with Gasteiger partial charge < -0.3 is 56.7 Å². The molecule has 1 saturated carbocycles. The van der Waals surface area contributed by atoms with E-state index in [1.165, 1.54) is 31.3 Å². The lowest BCUT2D eigenvalue weighted by molar-refractivity contribution is -0.149. The molecule has 342 valence electrons.